The lowest BCUT2D eigenvalue weighted by Crippen LogP contribution is -2.57. The molecule has 2 aromatic rings. The molecule has 2 amide bonds. The molecule has 1 unspecified atom stereocenters. The number of benzene rings is 2. The first kappa shape index (κ1) is 16.3. The van der Waals surface area contributed by atoms with Crippen LogP contribution in [0.15, 0.2) is 53.0 Å². The first-order valence-corrected chi connectivity index (χ1v) is 9.45. The van der Waals surface area contributed by atoms with Crippen LogP contribution in [0.3, 0.4) is 0 Å². The molecule has 1 fully saturated rings. The van der Waals surface area contributed by atoms with E-state index >= 15 is 0 Å². The zero-order valence-electron chi connectivity index (χ0n) is 13.8. The molecule has 0 aromatic heterocycles. The van der Waals surface area contributed by atoms with Crippen LogP contribution in [0.5, 0.6) is 0 Å². The molecular formula is C20H19BrN2O2. The Hall–Kier alpha value is -2.14. The maximum atomic E-state index is 13.3. The number of carbonyl (C=O) groups excluding carboxylic acids is 2. The number of fused-ring (bicyclic) bond motifs is 2. The van der Waals surface area contributed by atoms with Gasteiger partial charge >= 0.3 is 0 Å². The maximum Gasteiger partial charge on any atom is 0.259 e. The number of hydrogen-bond acceptors (Lipinski definition) is 2. The molecule has 2 aliphatic heterocycles. The summed E-state index contributed by atoms with van der Waals surface area (Å²) in [5.41, 5.74) is 1.96. The molecule has 128 valence electrons. The summed E-state index contributed by atoms with van der Waals surface area (Å²) >= 11 is 3.45. The van der Waals surface area contributed by atoms with Crippen molar-refractivity contribution in [1.29, 1.82) is 0 Å². The van der Waals surface area contributed by atoms with Gasteiger partial charge < -0.3 is 4.90 Å². The Balaban J connectivity index is 1.86. The summed E-state index contributed by atoms with van der Waals surface area (Å²) < 4.78 is 0.847. The molecule has 1 saturated heterocycles. The van der Waals surface area contributed by atoms with E-state index in [9.17, 15) is 9.59 Å². The highest BCUT2D eigenvalue weighted by atomic mass is 79.9. The molecule has 2 aliphatic rings. The molecular weight excluding hydrogens is 380 g/mol. The number of anilines is 1. The Labute approximate surface area is 155 Å². The van der Waals surface area contributed by atoms with Crippen LogP contribution in [0, 0.1) is 0 Å². The van der Waals surface area contributed by atoms with Gasteiger partial charge in [-0.15, -0.1) is 0 Å². The van der Waals surface area contributed by atoms with E-state index < -0.39 is 0 Å². The van der Waals surface area contributed by atoms with Gasteiger partial charge in [-0.2, -0.15) is 0 Å². The van der Waals surface area contributed by atoms with Crippen LogP contribution in [-0.2, 0) is 0 Å². The highest BCUT2D eigenvalue weighted by Gasteiger charge is 2.41. The van der Waals surface area contributed by atoms with E-state index in [0.717, 1.165) is 30.2 Å². The largest absolute Gasteiger partial charge is 0.318 e. The van der Waals surface area contributed by atoms with Gasteiger partial charge in [0.25, 0.3) is 11.8 Å². The second kappa shape index (κ2) is 6.64. The number of amides is 2. The van der Waals surface area contributed by atoms with Gasteiger partial charge in [-0.05, 0) is 49.6 Å². The minimum Gasteiger partial charge on any atom is -0.318 e. The van der Waals surface area contributed by atoms with E-state index in [1.54, 1.807) is 0 Å². The molecule has 0 radical (unpaired) electrons. The SMILES string of the molecule is O=C1c2cc(Br)ccc2N(C(=O)c2ccccc2)C2CCCCCN12. The van der Waals surface area contributed by atoms with Crippen molar-refractivity contribution in [1.82, 2.24) is 4.90 Å². The molecule has 1 atom stereocenters. The van der Waals surface area contributed by atoms with Crippen LogP contribution in [0.25, 0.3) is 0 Å². The van der Waals surface area contributed by atoms with Gasteiger partial charge in [-0.1, -0.05) is 40.5 Å². The summed E-state index contributed by atoms with van der Waals surface area (Å²) in [5.74, 6) is -0.0196. The number of nitrogens with zero attached hydrogens (tertiary/aromatic N) is 2. The van der Waals surface area contributed by atoms with Crippen LogP contribution >= 0.6 is 15.9 Å². The summed E-state index contributed by atoms with van der Waals surface area (Å²) in [6.45, 7) is 0.702. The molecule has 0 saturated carbocycles. The van der Waals surface area contributed by atoms with Gasteiger partial charge in [0.1, 0.15) is 6.17 Å². The van der Waals surface area contributed by atoms with Crippen LogP contribution in [0.2, 0.25) is 0 Å². The zero-order valence-corrected chi connectivity index (χ0v) is 15.4. The highest BCUT2D eigenvalue weighted by molar-refractivity contribution is 9.10. The van der Waals surface area contributed by atoms with E-state index in [0.29, 0.717) is 23.4 Å². The van der Waals surface area contributed by atoms with Crippen molar-refractivity contribution in [3.05, 3.63) is 64.1 Å². The van der Waals surface area contributed by atoms with Gasteiger partial charge in [-0.25, -0.2) is 0 Å². The smallest absolute Gasteiger partial charge is 0.259 e. The zero-order chi connectivity index (χ0) is 17.4. The standard InChI is InChI=1S/C20H19BrN2O2/c21-15-10-11-17-16(13-15)20(25)22-12-6-2-5-9-18(22)23(17)19(24)14-7-3-1-4-8-14/h1,3-4,7-8,10-11,13,18H,2,5-6,9,12H2. The fraction of sp³-hybridized carbons (Fsp3) is 0.300. The third kappa shape index (κ3) is 2.86. The maximum absolute atomic E-state index is 13.3. The van der Waals surface area contributed by atoms with E-state index in [-0.39, 0.29) is 18.0 Å². The third-order valence-electron chi connectivity index (χ3n) is 4.97. The predicted molar refractivity (Wildman–Crippen MR) is 101 cm³/mol. The fourth-order valence-corrected chi connectivity index (χ4v) is 4.13. The lowest BCUT2D eigenvalue weighted by Gasteiger charge is -2.43. The molecule has 5 heteroatoms. The molecule has 2 heterocycles. The van der Waals surface area contributed by atoms with Gasteiger partial charge in [0.15, 0.2) is 0 Å². The van der Waals surface area contributed by atoms with E-state index in [1.165, 1.54) is 0 Å². The van der Waals surface area contributed by atoms with E-state index in [2.05, 4.69) is 15.9 Å². The summed E-state index contributed by atoms with van der Waals surface area (Å²) in [7, 11) is 0. The summed E-state index contributed by atoms with van der Waals surface area (Å²) in [5, 5.41) is 0. The molecule has 4 nitrogen and oxygen atoms in total. The van der Waals surface area contributed by atoms with Gasteiger partial charge in [0, 0.05) is 16.6 Å². The first-order chi connectivity index (χ1) is 12.2. The Kier molecular flexibility index (Phi) is 4.34. The quantitative estimate of drug-likeness (QED) is 0.711. The van der Waals surface area contributed by atoms with Crippen LogP contribution < -0.4 is 4.90 Å². The molecule has 0 bridgehead atoms. The van der Waals surface area contributed by atoms with Crippen molar-refractivity contribution in [2.24, 2.45) is 0 Å². The van der Waals surface area contributed by atoms with Crippen molar-refractivity contribution >= 4 is 33.4 Å². The third-order valence-corrected chi connectivity index (χ3v) is 5.46. The lowest BCUT2D eigenvalue weighted by molar-refractivity contribution is 0.0638. The van der Waals surface area contributed by atoms with Crippen LogP contribution in [0.4, 0.5) is 5.69 Å². The normalized spacial score (nSPS) is 19.9. The van der Waals surface area contributed by atoms with Crippen molar-refractivity contribution in [3.8, 4) is 0 Å². The topological polar surface area (TPSA) is 40.6 Å². The number of halogens is 1. The summed E-state index contributed by atoms with van der Waals surface area (Å²) in [6, 6.07) is 14.9. The lowest BCUT2D eigenvalue weighted by atomic mass is 10.0. The Bertz CT molecular complexity index is 822. The average Bonchev–Trinajstić information content (AvgIpc) is 2.89. The molecule has 2 aromatic carbocycles. The molecule has 0 spiro atoms. The summed E-state index contributed by atoms with van der Waals surface area (Å²) in [4.78, 5) is 30.0. The number of rotatable bonds is 1. The number of hydrogen-bond donors (Lipinski definition) is 0. The molecule has 4 rings (SSSR count). The fourth-order valence-electron chi connectivity index (χ4n) is 3.77. The Morgan fingerprint density at radius 2 is 1.84 bits per heavy atom. The minimum atomic E-state index is -0.198. The van der Waals surface area contributed by atoms with Gasteiger partial charge in [0.2, 0.25) is 0 Å². The summed E-state index contributed by atoms with van der Waals surface area (Å²) in [6.07, 6.45) is 3.72. The van der Waals surface area contributed by atoms with Gasteiger partial charge in [-0.3, -0.25) is 14.5 Å². The Morgan fingerprint density at radius 3 is 2.64 bits per heavy atom. The second-order valence-corrected chi connectivity index (χ2v) is 7.45. The second-order valence-electron chi connectivity index (χ2n) is 6.53. The molecule has 25 heavy (non-hydrogen) atoms. The van der Waals surface area contributed by atoms with E-state index in [1.807, 2.05) is 58.3 Å². The van der Waals surface area contributed by atoms with E-state index in [4.69, 9.17) is 0 Å². The monoisotopic (exact) mass is 398 g/mol. The van der Waals surface area contributed by atoms with Crippen molar-refractivity contribution in [3.63, 3.8) is 0 Å². The predicted octanol–water partition coefficient (Wildman–Crippen LogP) is 4.45. The average molecular weight is 399 g/mol. The van der Waals surface area contributed by atoms with Crippen LogP contribution in [0.1, 0.15) is 46.4 Å². The van der Waals surface area contributed by atoms with Gasteiger partial charge in [0.05, 0.1) is 11.3 Å². The minimum absolute atomic E-state index is 0.0281. The Morgan fingerprint density at radius 1 is 1.04 bits per heavy atom. The first-order valence-electron chi connectivity index (χ1n) is 8.66. The van der Waals surface area contributed by atoms with Crippen molar-refractivity contribution < 1.29 is 9.59 Å². The molecule has 0 aliphatic carbocycles. The van der Waals surface area contributed by atoms with Crippen molar-refractivity contribution in [2.75, 3.05) is 11.4 Å². The van der Waals surface area contributed by atoms with Crippen LogP contribution in [-0.4, -0.2) is 29.4 Å². The van der Waals surface area contributed by atoms with Crippen molar-refractivity contribution in [2.45, 2.75) is 31.8 Å². The number of carbonyl (C=O) groups is 2. The molecule has 0 N–H and O–H groups in total. The highest BCUT2D eigenvalue weighted by Crippen LogP contribution is 2.37.